The van der Waals surface area contributed by atoms with Gasteiger partial charge < -0.3 is 9.47 Å². The lowest BCUT2D eigenvalue weighted by atomic mass is 9.94. The Kier molecular flexibility index (Phi) is 8.10. The maximum atomic E-state index is 13.4. The fourth-order valence-corrected chi connectivity index (χ4v) is 5.77. The SMILES string of the molecule is C=N/C(=C(Cl)\C=C(/C)S(C)(=O)=O)C1CC(C)(S(=O)(=O)c2cccc(OC(F)(F)F)c2)CCO1. The van der Waals surface area contributed by atoms with Gasteiger partial charge in [0.1, 0.15) is 11.9 Å². The number of halogens is 4. The molecule has 0 aliphatic carbocycles. The van der Waals surface area contributed by atoms with Crippen LogP contribution in [0.3, 0.4) is 0 Å². The first-order valence-electron chi connectivity index (χ1n) is 9.47. The van der Waals surface area contributed by atoms with Crippen molar-refractivity contribution in [3.8, 4) is 5.75 Å². The van der Waals surface area contributed by atoms with Crippen molar-refractivity contribution in [1.29, 1.82) is 0 Å². The fraction of sp³-hybridized carbons (Fsp3) is 0.450. The molecular weight excluding hydrogens is 507 g/mol. The highest BCUT2D eigenvalue weighted by atomic mass is 35.5. The van der Waals surface area contributed by atoms with Gasteiger partial charge in [-0.3, -0.25) is 4.99 Å². The van der Waals surface area contributed by atoms with Gasteiger partial charge in [0.2, 0.25) is 0 Å². The van der Waals surface area contributed by atoms with Gasteiger partial charge in [0.05, 0.1) is 20.4 Å². The summed E-state index contributed by atoms with van der Waals surface area (Å²) in [7, 11) is -7.67. The van der Waals surface area contributed by atoms with Gasteiger partial charge in [-0.2, -0.15) is 0 Å². The standard InChI is InChI=1S/C20H23ClF3NO6S2/c1-13(32(4,26)27)10-16(21)18(25-3)17-12-19(2,8-9-30-17)33(28,29)15-7-5-6-14(11-15)31-20(22,23)24/h5-7,10-11,17H,3,8-9,12H2,1-2,4H3/b13-10+,18-16+. The first-order chi connectivity index (χ1) is 15.0. The molecule has 0 bridgehead atoms. The summed E-state index contributed by atoms with van der Waals surface area (Å²) in [5.74, 6) is -0.659. The lowest BCUT2D eigenvalue weighted by Crippen LogP contribution is -2.45. The minimum atomic E-state index is -4.97. The van der Waals surface area contributed by atoms with Gasteiger partial charge in [0.25, 0.3) is 0 Å². The normalized spacial score (nSPS) is 23.6. The molecule has 0 radical (unpaired) electrons. The first kappa shape index (κ1) is 27.4. The molecule has 1 fully saturated rings. The smallest absolute Gasteiger partial charge is 0.406 e. The van der Waals surface area contributed by atoms with Gasteiger partial charge in [0, 0.05) is 17.8 Å². The number of alkyl halides is 3. The largest absolute Gasteiger partial charge is 0.573 e. The number of rotatable bonds is 7. The van der Waals surface area contributed by atoms with Crippen LogP contribution in [-0.2, 0) is 24.4 Å². The molecule has 1 aliphatic heterocycles. The summed E-state index contributed by atoms with van der Waals surface area (Å²) >= 11 is 6.24. The van der Waals surface area contributed by atoms with Crippen LogP contribution in [0.2, 0.25) is 0 Å². The minimum Gasteiger partial charge on any atom is -0.406 e. The second kappa shape index (κ2) is 9.77. The van der Waals surface area contributed by atoms with Crippen molar-refractivity contribution < 1.29 is 39.5 Å². The van der Waals surface area contributed by atoms with Crippen molar-refractivity contribution in [2.24, 2.45) is 4.99 Å². The van der Waals surface area contributed by atoms with Gasteiger partial charge in [0.15, 0.2) is 19.7 Å². The number of ether oxygens (including phenoxy) is 2. The Hall–Kier alpha value is -1.89. The Morgan fingerprint density at radius 1 is 1.33 bits per heavy atom. The molecule has 33 heavy (non-hydrogen) atoms. The van der Waals surface area contributed by atoms with Crippen LogP contribution in [-0.4, -0.2) is 53.6 Å². The number of allylic oxidation sites excluding steroid dienone is 3. The molecule has 1 saturated heterocycles. The zero-order chi connectivity index (χ0) is 25.2. The van der Waals surface area contributed by atoms with Crippen LogP contribution in [0.25, 0.3) is 0 Å². The van der Waals surface area contributed by atoms with E-state index in [9.17, 15) is 30.0 Å². The maximum absolute atomic E-state index is 13.4. The topological polar surface area (TPSA) is 99.1 Å². The molecule has 0 amide bonds. The Bertz CT molecular complexity index is 1190. The molecule has 1 heterocycles. The molecule has 2 unspecified atom stereocenters. The van der Waals surface area contributed by atoms with Crippen molar-refractivity contribution >= 4 is 38.0 Å². The number of benzene rings is 1. The zero-order valence-corrected chi connectivity index (χ0v) is 20.4. The van der Waals surface area contributed by atoms with E-state index >= 15 is 0 Å². The van der Waals surface area contributed by atoms with E-state index < -0.39 is 42.6 Å². The van der Waals surface area contributed by atoms with Crippen LogP contribution < -0.4 is 4.74 Å². The Morgan fingerprint density at radius 3 is 2.52 bits per heavy atom. The molecule has 7 nitrogen and oxygen atoms in total. The molecule has 1 aliphatic rings. The van der Waals surface area contributed by atoms with Gasteiger partial charge in [-0.15, -0.1) is 13.2 Å². The summed E-state index contributed by atoms with van der Waals surface area (Å²) in [6, 6.07) is 4.15. The van der Waals surface area contributed by atoms with Gasteiger partial charge >= 0.3 is 6.36 Å². The van der Waals surface area contributed by atoms with Crippen LogP contribution in [0, 0.1) is 0 Å². The second-order valence-corrected chi connectivity index (χ2v) is 12.8. The quantitative estimate of drug-likeness (QED) is 0.383. The van der Waals surface area contributed by atoms with E-state index in [0.717, 1.165) is 24.5 Å². The molecule has 2 rings (SSSR count). The van der Waals surface area contributed by atoms with Crippen LogP contribution in [0.15, 0.2) is 55.9 Å². The van der Waals surface area contributed by atoms with Gasteiger partial charge in [-0.05, 0) is 57.7 Å². The number of hydrogen-bond donors (Lipinski definition) is 0. The fourth-order valence-electron chi connectivity index (χ4n) is 3.20. The third kappa shape index (κ3) is 6.58. The van der Waals surface area contributed by atoms with Crippen molar-refractivity contribution in [3.05, 3.63) is 46.0 Å². The van der Waals surface area contributed by atoms with Crippen molar-refractivity contribution in [2.45, 2.75) is 48.8 Å². The monoisotopic (exact) mass is 529 g/mol. The molecular formula is C20H23ClF3NO6S2. The molecule has 184 valence electrons. The van der Waals surface area contributed by atoms with Crippen LogP contribution in [0.5, 0.6) is 5.75 Å². The van der Waals surface area contributed by atoms with E-state index in [-0.39, 0.29) is 40.0 Å². The average molecular weight is 530 g/mol. The van der Waals surface area contributed by atoms with E-state index in [1.54, 1.807) is 0 Å². The second-order valence-electron chi connectivity index (χ2n) is 7.71. The molecule has 2 atom stereocenters. The number of aliphatic imine (C=N–C) groups is 1. The molecule has 0 N–H and O–H groups in total. The molecule has 0 aromatic heterocycles. The highest BCUT2D eigenvalue weighted by molar-refractivity contribution is 7.94. The highest BCUT2D eigenvalue weighted by Crippen LogP contribution is 2.40. The summed E-state index contributed by atoms with van der Waals surface area (Å²) < 4.78 is 95.8. The summed E-state index contributed by atoms with van der Waals surface area (Å²) in [6.45, 7) is 6.18. The van der Waals surface area contributed by atoms with Crippen LogP contribution in [0.4, 0.5) is 13.2 Å². The number of nitrogens with zero attached hydrogens (tertiary/aromatic N) is 1. The van der Waals surface area contributed by atoms with E-state index in [0.29, 0.717) is 0 Å². The third-order valence-electron chi connectivity index (χ3n) is 5.20. The van der Waals surface area contributed by atoms with E-state index in [2.05, 4.69) is 16.4 Å². The zero-order valence-electron chi connectivity index (χ0n) is 18.0. The Labute approximate surface area is 195 Å². The van der Waals surface area contributed by atoms with Crippen molar-refractivity contribution in [2.75, 3.05) is 12.9 Å². The predicted octanol–water partition coefficient (Wildman–Crippen LogP) is 4.40. The third-order valence-corrected chi connectivity index (χ3v) is 9.33. The minimum absolute atomic E-state index is 0.0168. The van der Waals surface area contributed by atoms with Crippen LogP contribution in [0.1, 0.15) is 26.7 Å². The highest BCUT2D eigenvalue weighted by Gasteiger charge is 2.46. The summed E-state index contributed by atoms with van der Waals surface area (Å²) in [5.41, 5.74) is 0.0509. The van der Waals surface area contributed by atoms with Crippen molar-refractivity contribution in [3.63, 3.8) is 0 Å². The van der Waals surface area contributed by atoms with E-state index in [1.807, 2.05) is 0 Å². The lowest BCUT2D eigenvalue weighted by Gasteiger charge is -2.38. The Morgan fingerprint density at radius 2 is 1.97 bits per heavy atom. The predicted molar refractivity (Wildman–Crippen MR) is 119 cm³/mol. The summed E-state index contributed by atoms with van der Waals surface area (Å²) in [5, 5.41) is -0.0832. The molecule has 0 spiro atoms. The Balaban J connectivity index is 2.44. The van der Waals surface area contributed by atoms with Gasteiger partial charge in [-0.1, -0.05) is 17.7 Å². The lowest BCUT2D eigenvalue weighted by molar-refractivity contribution is -0.274. The maximum Gasteiger partial charge on any atom is 0.573 e. The van der Waals surface area contributed by atoms with Gasteiger partial charge in [-0.25, -0.2) is 16.8 Å². The molecule has 1 aromatic carbocycles. The van der Waals surface area contributed by atoms with E-state index in [4.69, 9.17) is 16.3 Å². The number of sulfone groups is 2. The number of hydrogen-bond acceptors (Lipinski definition) is 7. The van der Waals surface area contributed by atoms with Crippen molar-refractivity contribution in [1.82, 2.24) is 0 Å². The molecule has 1 aromatic rings. The summed E-state index contributed by atoms with van der Waals surface area (Å²) in [4.78, 5) is 3.43. The average Bonchev–Trinajstić information content (AvgIpc) is 2.66. The first-order valence-corrected chi connectivity index (χ1v) is 13.2. The molecule has 13 heteroatoms. The summed E-state index contributed by atoms with van der Waals surface area (Å²) in [6.07, 6.45) is -3.84. The molecule has 0 saturated carbocycles. The van der Waals surface area contributed by atoms with Crippen LogP contribution >= 0.6 is 11.6 Å². The van der Waals surface area contributed by atoms with E-state index in [1.165, 1.54) is 26.0 Å².